The van der Waals surface area contributed by atoms with E-state index in [1.165, 1.54) is 5.56 Å². The molecular formula is C16H21N3O3. The van der Waals surface area contributed by atoms with Gasteiger partial charge in [0.15, 0.2) is 0 Å². The predicted molar refractivity (Wildman–Crippen MR) is 82.3 cm³/mol. The molecule has 6 heteroatoms. The van der Waals surface area contributed by atoms with Gasteiger partial charge in [0.25, 0.3) is 11.7 Å². The number of nitrogens with zero attached hydrogens (tertiary/aromatic N) is 3. The number of rotatable bonds is 7. The van der Waals surface area contributed by atoms with Crippen LogP contribution in [0.2, 0.25) is 0 Å². The smallest absolute Gasteiger partial charge is 0.379 e. The normalized spacial score (nSPS) is 10.9. The lowest BCUT2D eigenvalue weighted by Crippen LogP contribution is -2.21. The monoisotopic (exact) mass is 303 g/mol. The maximum Gasteiger partial charge on any atom is 0.379 e. The number of hydrogen-bond acceptors (Lipinski definition) is 6. The van der Waals surface area contributed by atoms with Gasteiger partial charge in [-0.15, -0.1) is 0 Å². The summed E-state index contributed by atoms with van der Waals surface area (Å²) in [5.74, 6) is -0.308. The van der Waals surface area contributed by atoms with Gasteiger partial charge in [0.1, 0.15) is 0 Å². The summed E-state index contributed by atoms with van der Waals surface area (Å²) >= 11 is 0. The van der Waals surface area contributed by atoms with Crippen molar-refractivity contribution in [3.63, 3.8) is 0 Å². The second-order valence-corrected chi connectivity index (χ2v) is 4.80. The zero-order valence-corrected chi connectivity index (χ0v) is 13.2. The molecule has 0 bridgehead atoms. The van der Waals surface area contributed by atoms with Crippen molar-refractivity contribution in [1.82, 2.24) is 15.0 Å². The molecular weight excluding hydrogens is 282 g/mol. The molecule has 1 heterocycles. The van der Waals surface area contributed by atoms with E-state index < -0.39 is 5.97 Å². The van der Waals surface area contributed by atoms with Crippen molar-refractivity contribution in [2.75, 3.05) is 19.7 Å². The van der Waals surface area contributed by atoms with Crippen LogP contribution in [0.3, 0.4) is 0 Å². The first kappa shape index (κ1) is 16.2. The zero-order chi connectivity index (χ0) is 15.9. The van der Waals surface area contributed by atoms with Crippen LogP contribution in [-0.2, 0) is 11.3 Å². The molecule has 0 aliphatic carbocycles. The molecule has 1 aromatic carbocycles. The van der Waals surface area contributed by atoms with Gasteiger partial charge in [-0.3, -0.25) is 4.90 Å². The third-order valence-corrected chi connectivity index (χ3v) is 3.39. The van der Waals surface area contributed by atoms with Gasteiger partial charge in [0, 0.05) is 12.1 Å². The molecule has 0 saturated carbocycles. The Labute approximate surface area is 130 Å². The summed E-state index contributed by atoms with van der Waals surface area (Å²) in [6, 6.07) is 7.90. The molecule has 6 nitrogen and oxygen atoms in total. The minimum atomic E-state index is -0.573. The minimum Gasteiger partial charge on any atom is -0.460 e. The van der Waals surface area contributed by atoms with Crippen LogP contribution in [-0.4, -0.2) is 40.7 Å². The van der Waals surface area contributed by atoms with Crippen molar-refractivity contribution >= 4 is 5.97 Å². The SMILES string of the molecule is CCOC(=O)c1noc(-c2ccc(CN(CC)CC)cc2)n1. The first-order valence-electron chi connectivity index (χ1n) is 7.50. The van der Waals surface area contributed by atoms with Crippen molar-refractivity contribution in [3.05, 3.63) is 35.7 Å². The van der Waals surface area contributed by atoms with E-state index in [9.17, 15) is 4.79 Å². The van der Waals surface area contributed by atoms with Gasteiger partial charge in [0.2, 0.25) is 0 Å². The van der Waals surface area contributed by atoms with Gasteiger partial charge in [-0.05, 0) is 42.9 Å². The maximum absolute atomic E-state index is 11.5. The molecule has 22 heavy (non-hydrogen) atoms. The van der Waals surface area contributed by atoms with Crippen LogP contribution < -0.4 is 0 Å². The highest BCUT2D eigenvalue weighted by Crippen LogP contribution is 2.18. The van der Waals surface area contributed by atoms with E-state index in [1.54, 1.807) is 6.92 Å². The Bertz CT molecular complexity index is 603. The van der Waals surface area contributed by atoms with Crippen molar-refractivity contribution in [3.8, 4) is 11.5 Å². The Morgan fingerprint density at radius 2 is 1.86 bits per heavy atom. The van der Waals surface area contributed by atoms with Gasteiger partial charge in [-0.25, -0.2) is 4.79 Å². The summed E-state index contributed by atoms with van der Waals surface area (Å²) in [7, 11) is 0. The summed E-state index contributed by atoms with van der Waals surface area (Å²) in [6.45, 7) is 9.25. The highest BCUT2D eigenvalue weighted by atomic mass is 16.5. The Morgan fingerprint density at radius 1 is 1.18 bits per heavy atom. The van der Waals surface area contributed by atoms with Gasteiger partial charge in [-0.2, -0.15) is 4.98 Å². The third kappa shape index (κ3) is 3.92. The molecule has 0 N–H and O–H groups in total. The first-order valence-corrected chi connectivity index (χ1v) is 7.50. The molecule has 0 radical (unpaired) electrons. The van der Waals surface area contributed by atoms with Gasteiger partial charge < -0.3 is 9.26 Å². The summed E-state index contributed by atoms with van der Waals surface area (Å²) in [5.41, 5.74) is 2.00. The van der Waals surface area contributed by atoms with Gasteiger partial charge in [0.05, 0.1) is 6.61 Å². The number of carbonyl (C=O) groups is 1. The number of ether oxygens (including phenoxy) is 1. The van der Waals surface area contributed by atoms with Crippen LogP contribution in [0.25, 0.3) is 11.5 Å². The number of esters is 1. The molecule has 2 rings (SSSR count). The highest BCUT2D eigenvalue weighted by molar-refractivity contribution is 5.85. The van der Waals surface area contributed by atoms with Crippen molar-refractivity contribution in [2.45, 2.75) is 27.3 Å². The Hall–Kier alpha value is -2.21. The van der Waals surface area contributed by atoms with E-state index in [0.29, 0.717) is 5.89 Å². The van der Waals surface area contributed by atoms with Crippen molar-refractivity contribution < 1.29 is 14.1 Å². The lowest BCUT2D eigenvalue weighted by Gasteiger charge is -2.17. The topological polar surface area (TPSA) is 68.5 Å². The molecule has 0 amide bonds. The zero-order valence-electron chi connectivity index (χ0n) is 13.2. The molecule has 0 unspecified atom stereocenters. The van der Waals surface area contributed by atoms with Crippen LogP contribution in [0.1, 0.15) is 37.0 Å². The average molecular weight is 303 g/mol. The second-order valence-electron chi connectivity index (χ2n) is 4.80. The van der Waals surface area contributed by atoms with E-state index in [-0.39, 0.29) is 12.4 Å². The van der Waals surface area contributed by atoms with Crippen LogP contribution in [0.4, 0.5) is 0 Å². The first-order chi connectivity index (χ1) is 10.7. The van der Waals surface area contributed by atoms with E-state index in [4.69, 9.17) is 9.26 Å². The van der Waals surface area contributed by atoms with E-state index in [1.807, 2.05) is 24.3 Å². The molecule has 0 spiro atoms. The molecule has 0 atom stereocenters. The summed E-state index contributed by atoms with van der Waals surface area (Å²) in [5, 5.41) is 3.64. The fraction of sp³-hybridized carbons (Fsp3) is 0.438. The number of carbonyl (C=O) groups excluding carboxylic acids is 1. The number of benzene rings is 1. The molecule has 118 valence electrons. The highest BCUT2D eigenvalue weighted by Gasteiger charge is 2.16. The van der Waals surface area contributed by atoms with Crippen molar-refractivity contribution in [1.29, 1.82) is 0 Å². The van der Waals surface area contributed by atoms with Crippen LogP contribution in [0, 0.1) is 0 Å². The Morgan fingerprint density at radius 3 is 2.45 bits per heavy atom. The van der Waals surface area contributed by atoms with E-state index in [2.05, 4.69) is 28.9 Å². The average Bonchev–Trinajstić information content (AvgIpc) is 3.03. The van der Waals surface area contributed by atoms with E-state index in [0.717, 1.165) is 25.2 Å². The predicted octanol–water partition coefficient (Wildman–Crippen LogP) is 2.76. The maximum atomic E-state index is 11.5. The molecule has 0 aliphatic rings. The van der Waals surface area contributed by atoms with Crippen molar-refractivity contribution in [2.24, 2.45) is 0 Å². The summed E-state index contributed by atoms with van der Waals surface area (Å²) in [4.78, 5) is 17.9. The Kier molecular flexibility index (Phi) is 5.66. The summed E-state index contributed by atoms with van der Waals surface area (Å²) in [6.07, 6.45) is 0. The number of hydrogen-bond donors (Lipinski definition) is 0. The molecule has 0 fully saturated rings. The number of aromatic nitrogens is 2. The minimum absolute atomic E-state index is 0.0518. The van der Waals surface area contributed by atoms with Crippen LogP contribution in [0.5, 0.6) is 0 Å². The lowest BCUT2D eigenvalue weighted by atomic mass is 10.1. The molecule has 1 aromatic heterocycles. The van der Waals surface area contributed by atoms with Crippen LogP contribution in [0.15, 0.2) is 28.8 Å². The van der Waals surface area contributed by atoms with Crippen LogP contribution >= 0.6 is 0 Å². The summed E-state index contributed by atoms with van der Waals surface area (Å²) < 4.78 is 9.94. The van der Waals surface area contributed by atoms with Gasteiger partial charge >= 0.3 is 5.97 Å². The standard InChI is InChI=1S/C16H21N3O3/c1-4-19(5-2)11-12-7-9-13(10-8-12)15-17-14(18-22-15)16(20)21-6-3/h7-10H,4-6,11H2,1-3H3. The van der Waals surface area contributed by atoms with Gasteiger partial charge in [-0.1, -0.05) is 26.0 Å². The largest absolute Gasteiger partial charge is 0.460 e. The lowest BCUT2D eigenvalue weighted by molar-refractivity contribution is 0.0508. The molecule has 2 aromatic rings. The quantitative estimate of drug-likeness (QED) is 0.733. The fourth-order valence-corrected chi connectivity index (χ4v) is 2.08. The Balaban J connectivity index is 2.09. The third-order valence-electron chi connectivity index (χ3n) is 3.39. The second kappa shape index (κ2) is 7.70. The van der Waals surface area contributed by atoms with E-state index >= 15 is 0 Å². The molecule has 0 aliphatic heterocycles. The fourth-order valence-electron chi connectivity index (χ4n) is 2.08. The molecule has 0 saturated heterocycles.